The van der Waals surface area contributed by atoms with E-state index in [0.29, 0.717) is 93.4 Å². The van der Waals surface area contributed by atoms with Crippen molar-refractivity contribution in [3.8, 4) is 18.2 Å². The Hall–Kier alpha value is -5.70. The van der Waals surface area contributed by atoms with E-state index < -0.39 is 29.0 Å². The minimum Gasteiger partial charge on any atom is -0.469 e. The van der Waals surface area contributed by atoms with Crippen LogP contribution in [0, 0.1) is 47.8 Å². The second-order valence-electron chi connectivity index (χ2n) is 13.1. The fourth-order valence-corrected chi connectivity index (χ4v) is 7.37. The molecule has 2 spiro atoms. The first-order valence-corrected chi connectivity index (χ1v) is 17.0. The number of fused-ring (bicyclic) bond motifs is 5. The summed E-state index contributed by atoms with van der Waals surface area (Å²) in [6.07, 6.45) is 1.52. The van der Waals surface area contributed by atoms with Crippen LogP contribution in [0.2, 0.25) is 0 Å². The number of esters is 1. The molecule has 0 bridgehead atoms. The zero-order chi connectivity index (χ0) is 38.2. The summed E-state index contributed by atoms with van der Waals surface area (Å²) in [4.78, 5) is 59.4. The van der Waals surface area contributed by atoms with Crippen molar-refractivity contribution < 1.29 is 33.3 Å². The third-order valence-corrected chi connectivity index (χ3v) is 10.1. The van der Waals surface area contributed by atoms with Crippen molar-refractivity contribution in [1.82, 2.24) is 13.7 Å². The van der Waals surface area contributed by atoms with Gasteiger partial charge in [-0.1, -0.05) is 0 Å². The van der Waals surface area contributed by atoms with Crippen LogP contribution in [0.15, 0.2) is 32.6 Å². The minimum atomic E-state index is -0.933. The molecule has 0 aliphatic carbocycles. The van der Waals surface area contributed by atoms with E-state index in [1.807, 2.05) is 24.3 Å². The molecule has 0 aromatic carbocycles. The van der Waals surface area contributed by atoms with Gasteiger partial charge in [0.05, 0.1) is 56.5 Å². The maximum Gasteiger partial charge on any atom is 0.312 e. The molecule has 0 amide bonds. The third-order valence-electron chi connectivity index (χ3n) is 10.1. The van der Waals surface area contributed by atoms with Crippen molar-refractivity contribution in [1.29, 1.82) is 15.8 Å². The number of ketones is 1. The average molecular weight is 725 g/mol. The summed E-state index contributed by atoms with van der Waals surface area (Å²) in [5.74, 6) is -2.91. The van der Waals surface area contributed by atoms with Gasteiger partial charge in [-0.15, -0.1) is 0 Å². The largest absolute Gasteiger partial charge is 0.469 e. The van der Waals surface area contributed by atoms with E-state index in [2.05, 4.69) is 0 Å². The van der Waals surface area contributed by atoms with Crippen LogP contribution in [-0.2, 0) is 59.7 Å². The second kappa shape index (κ2) is 14.4. The maximum atomic E-state index is 12.5. The highest BCUT2D eigenvalue weighted by molar-refractivity contribution is 5.96. The number of carbonyl (C=O) groups excluding carboxylic acids is 2. The van der Waals surface area contributed by atoms with Gasteiger partial charge in [-0.05, 0) is 55.7 Å². The van der Waals surface area contributed by atoms with Gasteiger partial charge in [0.1, 0.15) is 34.9 Å². The van der Waals surface area contributed by atoms with Crippen LogP contribution < -0.4 is 16.7 Å². The smallest absolute Gasteiger partial charge is 0.312 e. The number of rotatable bonds is 2. The monoisotopic (exact) mass is 724 g/mol. The Kier molecular flexibility index (Phi) is 10.1. The molecule has 16 nitrogen and oxygen atoms in total. The van der Waals surface area contributed by atoms with E-state index >= 15 is 0 Å². The number of aryl methyl sites for hydroxylation is 2. The minimum absolute atomic E-state index is 0.0188. The van der Waals surface area contributed by atoms with Gasteiger partial charge in [0.2, 0.25) is 11.6 Å². The first-order chi connectivity index (χ1) is 25.4. The second-order valence-corrected chi connectivity index (χ2v) is 13.1. The standard InChI is InChI=1S/C15H16N2O5.C12H12N2O3.C10H8N2O2/c1-9(14(19)20-2)10-7-12-15(21-5-6-22-15)3-4-17(12)13(18)11(10)8-16;1-8-6-10-12(16-4-5-17-12)2-3-14(10)11(15)9(8)7-13;1-6-4-8-9(13)2-3-12(8)10(14)7(6)5-11/h7,9H,3-6H2,1-2H3;6H,2-5H2,1H3;4H,2-3H2,1H3. The SMILES string of the molecule is COC(=O)C(C)c1cc2n(c(=O)c1C#N)CCC21OCCO1.Cc1cc2n(c(=O)c1C#N)CCC21OCCO1.Cc1cc2n(c(=O)c1C#N)CCC2=O. The van der Waals surface area contributed by atoms with Gasteiger partial charge in [-0.2, -0.15) is 15.8 Å². The summed E-state index contributed by atoms with van der Waals surface area (Å²) in [5, 5.41) is 27.0. The molecule has 8 rings (SSSR count). The van der Waals surface area contributed by atoms with Crippen LogP contribution in [0.3, 0.4) is 0 Å². The van der Waals surface area contributed by atoms with E-state index in [-0.39, 0.29) is 33.6 Å². The Morgan fingerprint density at radius 2 is 1.17 bits per heavy atom. The molecule has 2 fully saturated rings. The van der Waals surface area contributed by atoms with Crippen molar-refractivity contribution in [2.75, 3.05) is 33.5 Å². The van der Waals surface area contributed by atoms with Crippen LogP contribution in [-0.4, -0.2) is 59.0 Å². The summed E-state index contributed by atoms with van der Waals surface area (Å²) in [6.45, 7) is 8.43. The predicted molar refractivity (Wildman–Crippen MR) is 182 cm³/mol. The van der Waals surface area contributed by atoms with Crippen LogP contribution in [0.25, 0.3) is 0 Å². The van der Waals surface area contributed by atoms with Crippen LogP contribution in [0.4, 0.5) is 0 Å². The van der Waals surface area contributed by atoms with Gasteiger partial charge < -0.3 is 37.4 Å². The lowest BCUT2D eigenvalue weighted by atomic mass is 9.95. The number of methoxy groups -OCH3 is 1. The van der Waals surface area contributed by atoms with Crippen molar-refractivity contribution in [3.63, 3.8) is 0 Å². The van der Waals surface area contributed by atoms with Crippen molar-refractivity contribution in [3.05, 3.63) is 99.7 Å². The van der Waals surface area contributed by atoms with Gasteiger partial charge >= 0.3 is 5.97 Å². The first-order valence-electron chi connectivity index (χ1n) is 17.0. The third kappa shape index (κ3) is 6.18. The van der Waals surface area contributed by atoms with Crippen LogP contribution >= 0.6 is 0 Å². The Labute approximate surface area is 302 Å². The molecule has 1 unspecified atom stereocenters. The Morgan fingerprint density at radius 1 is 0.717 bits per heavy atom. The number of Topliss-reactive ketones (excluding diaryl/α,β-unsaturated/α-hetero) is 1. The molecule has 2 saturated heterocycles. The molecule has 3 aromatic rings. The number of hydrogen-bond donors (Lipinski definition) is 0. The van der Waals surface area contributed by atoms with Crippen molar-refractivity contribution in [2.24, 2.45) is 0 Å². The molecule has 16 heteroatoms. The average Bonchev–Trinajstić information content (AvgIpc) is 4.00. The molecule has 0 radical (unpaired) electrons. The zero-order valence-corrected chi connectivity index (χ0v) is 29.6. The molecule has 1 atom stereocenters. The predicted octanol–water partition coefficient (Wildman–Crippen LogP) is 1.85. The number of nitrogens with zero attached hydrogens (tertiary/aromatic N) is 6. The van der Waals surface area contributed by atoms with Crippen molar-refractivity contribution in [2.45, 2.75) is 77.2 Å². The highest BCUT2D eigenvalue weighted by Crippen LogP contribution is 2.41. The summed E-state index contributed by atoms with van der Waals surface area (Å²) < 4.78 is 31.9. The topological polar surface area (TPSA) is 218 Å². The summed E-state index contributed by atoms with van der Waals surface area (Å²) in [7, 11) is 1.27. The lowest BCUT2D eigenvalue weighted by Gasteiger charge is -2.23. The number of pyridine rings is 3. The number of hydrogen-bond acceptors (Lipinski definition) is 13. The molecule has 53 heavy (non-hydrogen) atoms. The molecular formula is C37H36N6O10. The molecule has 3 aromatic heterocycles. The molecule has 0 N–H and O–H groups in total. The molecular weight excluding hydrogens is 688 g/mol. The molecule has 274 valence electrons. The molecule has 0 saturated carbocycles. The highest BCUT2D eigenvalue weighted by Gasteiger charge is 2.47. The molecule has 5 aliphatic heterocycles. The van der Waals surface area contributed by atoms with Crippen LogP contribution in [0.5, 0.6) is 0 Å². The van der Waals surface area contributed by atoms with E-state index in [1.54, 1.807) is 37.5 Å². The molecule has 5 aliphatic rings. The lowest BCUT2D eigenvalue weighted by molar-refractivity contribution is -0.163. The van der Waals surface area contributed by atoms with Gasteiger partial charge in [-0.3, -0.25) is 24.0 Å². The van der Waals surface area contributed by atoms with E-state index in [9.17, 15) is 29.2 Å². The van der Waals surface area contributed by atoms with E-state index in [1.165, 1.54) is 16.2 Å². The van der Waals surface area contributed by atoms with Crippen molar-refractivity contribution >= 4 is 11.8 Å². The maximum absolute atomic E-state index is 12.5. The van der Waals surface area contributed by atoms with Gasteiger partial charge in [0.25, 0.3) is 16.7 Å². The Bertz CT molecular complexity index is 2340. The quantitative estimate of drug-likeness (QED) is 0.345. The first kappa shape index (κ1) is 37.1. The lowest BCUT2D eigenvalue weighted by Crippen LogP contribution is -2.30. The fourth-order valence-electron chi connectivity index (χ4n) is 7.37. The number of ether oxygens (including phenoxy) is 5. The van der Waals surface area contributed by atoms with Gasteiger partial charge in [-0.25, -0.2) is 0 Å². The number of aromatic nitrogens is 3. The van der Waals surface area contributed by atoms with Gasteiger partial charge in [0, 0.05) is 38.9 Å². The van der Waals surface area contributed by atoms with Crippen LogP contribution in [0.1, 0.15) is 87.4 Å². The molecule has 8 heterocycles. The highest BCUT2D eigenvalue weighted by atomic mass is 16.7. The zero-order valence-electron chi connectivity index (χ0n) is 29.6. The Balaban J connectivity index is 0.000000140. The number of carbonyl (C=O) groups is 2. The summed E-state index contributed by atoms with van der Waals surface area (Å²) >= 11 is 0. The normalized spacial score (nSPS) is 18.4. The summed E-state index contributed by atoms with van der Waals surface area (Å²) in [6, 6.07) is 10.8. The van der Waals surface area contributed by atoms with E-state index in [4.69, 9.17) is 34.2 Å². The van der Waals surface area contributed by atoms with E-state index in [0.717, 1.165) is 5.69 Å². The van der Waals surface area contributed by atoms with Gasteiger partial charge in [0.15, 0.2) is 5.78 Å². The Morgan fingerprint density at radius 3 is 1.66 bits per heavy atom. The summed E-state index contributed by atoms with van der Waals surface area (Å²) in [5.41, 5.74) is 2.70. The fraction of sp³-hybridized carbons (Fsp3) is 0.459. The number of nitriles is 3.